The van der Waals surface area contributed by atoms with E-state index in [-0.39, 0.29) is 11.7 Å². The topological polar surface area (TPSA) is 80.3 Å². The second-order valence-corrected chi connectivity index (χ2v) is 7.46. The molecule has 2 aliphatic rings. The lowest BCUT2D eigenvalue weighted by atomic mass is 9.75. The SMILES string of the molecule is CCOc1ccc([C@@H]2C(C(=O)Nc3cccnc3)=C(C)NC3=C2C(=O)CCC3)cc1. The van der Waals surface area contributed by atoms with Gasteiger partial charge in [-0.2, -0.15) is 0 Å². The maximum absolute atomic E-state index is 13.3. The molecule has 2 aromatic rings. The number of amides is 1. The van der Waals surface area contributed by atoms with E-state index in [4.69, 9.17) is 4.74 Å². The molecule has 6 heteroatoms. The maximum atomic E-state index is 13.3. The van der Waals surface area contributed by atoms with Gasteiger partial charge in [0.15, 0.2) is 5.78 Å². The van der Waals surface area contributed by atoms with Gasteiger partial charge < -0.3 is 15.4 Å². The van der Waals surface area contributed by atoms with Crippen molar-refractivity contribution in [3.05, 3.63) is 76.9 Å². The van der Waals surface area contributed by atoms with E-state index < -0.39 is 5.92 Å². The molecule has 2 heterocycles. The molecule has 2 N–H and O–H groups in total. The highest BCUT2D eigenvalue weighted by molar-refractivity contribution is 6.09. The van der Waals surface area contributed by atoms with Crippen LogP contribution in [0.25, 0.3) is 0 Å². The number of carbonyl (C=O) groups is 2. The number of ether oxygens (including phenoxy) is 1. The van der Waals surface area contributed by atoms with Crippen LogP contribution in [0.2, 0.25) is 0 Å². The number of aromatic nitrogens is 1. The highest BCUT2D eigenvalue weighted by atomic mass is 16.5. The quantitative estimate of drug-likeness (QED) is 0.786. The largest absolute Gasteiger partial charge is 0.494 e. The van der Waals surface area contributed by atoms with Crippen molar-refractivity contribution in [2.45, 2.75) is 39.0 Å². The number of nitrogens with zero attached hydrogens (tertiary/aromatic N) is 1. The molecule has 0 bridgehead atoms. The van der Waals surface area contributed by atoms with E-state index in [1.54, 1.807) is 24.5 Å². The fraction of sp³-hybridized carbons (Fsp3) is 0.292. The van der Waals surface area contributed by atoms with Gasteiger partial charge in [-0.15, -0.1) is 0 Å². The summed E-state index contributed by atoms with van der Waals surface area (Å²) >= 11 is 0. The van der Waals surface area contributed by atoms with Crippen LogP contribution in [0, 0.1) is 0 Å². The zero-order valence-electron chi connectivity index (χ0n) is 17.2. The molecule has 1 aromatic carbocycles. The number of pyridine rings is 1. The van der Waals surface area contributed by atoms with Gasteiger partial charge in [0.05, 0.1) is 18.5 Å². The summed E-state index contributed by atoms with van der Waals surface area (Å²) in [5.74, 6) is 0.210. The molecule has 1 aliphatic heterocycles. The first-order valence-electron chi connectivity index (χ1n) is 10.3. The first-order valence-corrected chi connectivity index (χ1v) is 10.3. The van der Waals surface area contributed by atoms with Crippen LogP contribution in [0.5, 0.6) is 5.75 Å². The van der Waals surface area contributed by atoms with Gasteiger partial charge >= 0.3 is 0 Å². The standard InChI is InChI=1S/C24H25N3O3/c1-3-30-18-11-9-16(10-12-18)22-21(24(29)27-17-6-5-13-25-14-17)15(2)26-19-7-4-8-20(28)23(19)22/h5-6,9-14,22,26H,3-4,7-8H2,1-2H3,(H,27,29)/t22-/m1/s1. The number of hydrogen-bond acceptors (Lipinski definition) is 5. The Balaban J connectivity index is 1.76. The van der Waals surface area contributed by atoms with Crippen molar-refractivity contribution in [3.63, 3.8) is 0 Å². The van der Waals surface area contributed by atoms with Crippen molar-refractivity contribution in [1.82, 2.24) is 10.3 Å². The van der Waals surface area contributed by atoms with E-state index in [0.717, 1.165) is 35.5 Å². The summed E-state index contributed by atoms with van der Waals surface area (Å²) < 4.78 is 5.56. The Hall–Kier alpha value is -3.41. The molecule has 0 fully saturated rings. The molecule has 0 unspecified atom stereocenters. The zero-order valence-corrected chi connectivity index (χ0v) is 17.2. The van der Waals surface area contributed by atoms with Gasteiger partial charge in [0, 0.05) is 41.1 Å². The third-order valence-corrected chi connectivity index (χ3v) is 5.46. The summed E-state index contributed by atoms with van der Waals surface area (Å²) in [6.45, 7) is 4.41. The molecule has 1 aliphatic carbocycles. The van der Waals surface area contributed by atoms with Crippen LogP contribution in [0.15, 0.2) is 71.3 Å². The van der Waals surface area contributed by atoms with Crippen LogP contribution in [-0.4, -0.2) is 23.3 Å². The van der Waals surface area contributed by atoms with Gasteiger partial charge in [0.2, 0.25) is 0 Å². The number of hydrogen-bond donors (Lipinski definition) is 2. The predicted octanol–water partition coefficient (Wildman–Crippen LogP) is 4.09. The number of ketones is 1. The molecule has 0 saturated carbocycles. The number of carbonyl (C=O) groups excluding carboxylic acids is 2. The van der Waals surface area contributed by atoms with Gasteiger partial charge in [-0.3, -0.25) is 14.6 Å². The number of benzene rings is 1. The Morgan fingerprint density at radius 2 is 2.03 bits per heavy atom. The van der Waals surface area contributed by atoms with Crippen molar-refractivity contribution in [3.8, 4) is 5.75 Å². The minimum Gasteiger partial charge on any atom is -0.494 e. The molecule has 0 radical (unpaired) electrons. The number of dihydropyridines is 1. The zero-order chi connectivity index (χ0) is 21.1. The Labute approximate surface area is 176 Å². The van der Waals surface area contributed by atoms with Crippen LogP contribution in [0.3, 0.4) is 0 Å². The van der Waals surface area contributed by atoms with E-state index in [9.17, 15) is 9.59 Å². The molecular weight excluding hydrogens is 378 g/mol. The molecule has 154 valence electrons. The second-order valence-electron chi connectivity index (χ2n) is 7.46. The van der Waals surface area contributed by atoms with Gasteiger partial charge in [-0.1, -0.05) is 12.1 Å². The van der Waals surface area contributed by atoms with E-state index in [2.05, 4.69) is 15.6 Å². The van der Waals surface area contributed by atoms with Gasteiger partial charge in [0.25, 0.3) is 5.91 Å². The number of allylic oxidation sites excluding steroid dienone is 3. The van der Waals surface area contributed by atoms with Crippen LogP contribution in [0.1, 0.15) is 44.6 Å². The molecule has 1 aromatic heterocycles. The average Bonchev–Trinajstić information content (AvgIpc) is 2.74. The molecular formula is C24H25N3O3. The third-order valence-electron chi connectivity index (χ3n) is 5.46. The molecule has 30 heavy (non-hydrogen) atoms. The van der Waals surface area contributed by atoms with E-state index in [1.807, 2.05) is 38.1 Å². The highest BCUT2D eigenvalue weighted by Gasteiger charge is 2.38. The maximum Gasteiger partial charge on any atom is 0.254 e. The summed E-state index contributed by atoms with van der Waals surface area (Å²) in [5, 5.41) is 6.26. The minimum absolute atomic E-state index is 0.0989. The summed E-state index contributed by atoms with van der Waals surface area (Å²) in [6, 6.07) is 11.2. The van der Waals surface area contributed by atoms with E-state index >= 15 is 0 Å². The first-order chi connectivity index (χ1) is 14.6. The molecule has 1 atom stereocenters. The molecule has 4 rings (SSSR count). The van der Waals surface area contributed by atoms with Crippen molar-refractivity contribution in [1.29, 1.82) is 0 Å². The lowest BCUT2D eigenvalue weighted by molar-refractivity contribution is -0.116. The summed E-state index contributed by atoms with van der Waals surface area (Å²) in [7, 11) is 0. The Morgan fingerprint density at radius 3 is 2.73 bits per heavy atom. The smallest absolute Gasteiger partial charge is 0.254 e. The van der Waals surface area contributed by atoms with Gasteiger partial charge in [0.1, 0.15) is 5.75 Å². The monoisotopic (exact) mass is 403 g/mol. The summed E-state index contributed by atoms with van der Waals surface area (Å²) in [4.78, 5) is 30.3. The highest BCUT2D eigenvalue weighted by Crippen LogP contribution is 2.42. The molecule has 6 nitrogen and oxygen atoms in total. The van der Waals surface area contributed by atoms with Crippen molar-refractivity contribution in [2.24, 2.45) is 0 Å². The third kappa shape index (κ3) is 3.85. The number of anilines is 1. The average molecular weight is 403 g/mol. The van der Waals surface area contributed by atoms with Gasteiger partial charge in [-0.05, 0) is 56.5 Å². The van der Waals surface area contributed by atoms with Crippen LogP contribution >= 0.6 is 0 Å². The first kappa shape index (κ1) is 19.9. The lowest BCUT2D eigenvalue weighted by Crippen LogP contribution is -2.35. The second kappa shape index (κ2) is 8.53. The Bertz CT molecular complexity index is 1020. The molecule has 1 amide bonds. The van der Waals surface area contributed by atoms with E-state index in [0.29, 0.717) is 29.9 Å². The van der Waals surface area contributed by atoms with Crippen LogP contribution in [-0.2, 0) is 9.59 Å². The van der Waals surface area contributed by atoms with Crippen molar-refractivity contribution >= 4 is 17.4 Å². The Morgan fingerprint density at radius 1 is 1.23 bits per heavy atom. The number of rotatable bonds is 5. The number of Topliss-reactive ketones (excluding diaryl/α,β-unsaturated/α-hetero) is 1. The normalized spacial score (nSPS) is 18.6. The van der Waals surface area contributed by atoms with Crippen molar-refractivity contribution < 1.29 is 14.3 Å². The summed E-state index contributed by atoms with van der Waals surface area (Å²) in [5.41, 5.74) is 4.47. The minimum atomic E-state index is -0.415. The van der Waals surface area contributed by atoms with Crippen LogP contribution in [0.4, 0.5) is 5.69 Å². The molecule has 0 spiro atoms. The molecule has 0 saturated heterocycles. The fourth-order valence-electron chi connectivity index (χ4n) is 4.18. The van der Waals surface area contributed by atoms with Crippen LogP contribution < -0.4 is 15.4 Å². The lowest BCUT2D eigenvalue weighted by Gasteiger charge is -2.34. The van der Waals surface area contributed by atoms with Crippen molar-refractivity contribution in [2.75, 3.05) is 11.9 Å². The van der Waals surface area contributed by atoms with Gasteiger partial charge in [-0.25, -0.2) is 0 Å². The predicted molar refractivity (Wildman–Crippen MR) is 115 cm³/mol. The number of nitrogens with one attached hydrogen (secondary N) is 2. The Kier molecular flexibility index (Phi) is 5.65. The van der Waals surface area contributed by atoms with E-state index in [1.165, 1.54) is 0 Å². The fourth-order valence-corrected chi connectivity index (χ4v) is 4.18. The summed E-state index contributed by atoms with van der Waals surface area (Å²) in [6.07, 6.45) is 5.40.